The summed E-state index contributed by atoms with van der Waals surface area (Å²) in [4.78, 5) is 8.14. The summed E-state index contributed by atoms with van der Waals surface area (Å²) in [5, 5.41) is 0.967. The van der Waals surface area contributed by atoms with Crippen LogP contribution in [-0.2, 0) is 4.74 Å². The Balaban J connectivity index is 1.88. The van der Waals surface area contributed by atoms with Gasteiger partial charge in [-0.05, 0) is 6.92 Å². The molecule has 0 N–H and O–H groups in total. The lowest BCUT2D eigenvalue weighted by atomic mass is 10.3. The third-order valence-electron chi connectivity index (χ3n) is 1.70. The third-order valence-corrected chi connectivity index (χ3v) is 2.96. The van der Waals surface area contributed by atoms with E-state index in [2.05, 4.69) is 16.9 Å². The van der Waals surface area contributed by atoms with Gasteiger partial charge in [0, 0.05) is 18.1 Å². The summed E-state index contributed by atoms with van der Waals surface area (Å²) < 4.78 is 5.25. The first-order chi connectivity index (χ1) is 5.79. The molecule has 2 rings (SSSR count). The van der Waals surface area contributed by atoms with Crippen molar-refractivity contribution < 1.29 is 4.74 Å². The van der Waals surface area contributed by atoms with Gasteiger partial charge >= 0.3 is 0 Å². The number of epoxide rings is 1. The molecule has 1 fully saturated rings. The molecule has 2 heterocycles. The van der Waals surface area contributed by atoms with Crippen LogP contribution in [0.25, 0.3) is 0 Å². The van der Waals surface area contributed by atoms with Crippen LogP contribution in [0.2, 0.25) is 0 Å². The lowest BCUT2D eigenvalue weighted by Crippen LogP contribution is -2.07. The minimum absolute atomic E-state index is 0.0994. The molecule has 0 radical (unpaired) electrons. The fourth-order valence-electron chi connectivity index (χ4n) is 0.793. The van der Waals surface area contributed by atoms with Crippen LogP contribution in [-0.4, -0.2) is 27.9 Å². The van der Waals surface area contributed by atoms with E-state index in [1.54, 1.807) is 30.4 Å². The molecular weight excluding hydrogens is 172 g/mol. The Hall–Kier alpha value is -0.610. The second-order valence-corrected chi connectivity index (χ2v) is 4.07. The largest absolute Gasteiger partial charge is 0.369 e. The molecule has 1 aromatic rings. The van der Waals surface area contributed by atoms with Crippen molar-refractivity contribution in [2.24, 2.45) is 0 Å². The highest BCUT2D eigenvalue weighted by molar-refractivity contribution is 7.99. The predicted octanol–water partition coefficient (Wildman–Crippen LogP) is 1.36. The Morgan fingerprint density at radius 3 is 3.08 bits per heavy atom. The third kappa shape index (κ3) is 1.95. The summed E-state index contributed by atoms with van der Waals surface area (Å²) in [6.07, 6.45) is 5.16. The van der Waals surface area contributed by atoms with E-state index in [-0.39, 0.29) is 5.60 Å². The van der Waals surface area contributed by atoms with Crippen LogP contribution in [0.4, 0.5) is 0 Å². The summed E-state index contributed by atoms with van der Waals surface area (Å²) in [6, 6.07) is 0. The Morgan fingerprint density at radius 1 is 1.67 bits per heavy atom. The monoisotopic (exact) mass is 182 g/mol. The van der Waals surface area contributed by atoms with Crippen molar-refractivity contribution >= 4 is 11.8 Å². The average molecular weight is 182 g/mol. The van der Waals surface area contributed by atoms with Gasteiger partial charge in [-0.15, -0.1) is 11.8 Å². The number of rotatable bonds is 3. The van der Waals surface area contributed by atoms with Crippen molar-refractivity contribution in [3.8, 4) is 0 Å². The summed E-state index contributed by atoms with van der Waals surface area (Å²) in [6.45, 7) is 2.98. The van der Waals surface area contributed by atoms with Crippen LogP contribution in [0.1, 0.15) is 6.92 Å². The molecule has 3 nitrogen and oxygen atoms in total. The van der Waals surface area contributed by atoms with Crippen LogP contribution in [0.3, 0.4) is 0 Å². The summed E-state index contributed by atoms with van der Waals surface area (Å²) in [5.41, 5.74) is 0.0994. The lowest BCUT2D eigenvalue weighted by molar-refractivity contribution is 0.348. The maximum Gasteiger partial charge on any atom is 0.114 e. The Labute approximate surface area is 75.6 Å². The average Bonchev–Trinajstić information content (AvgIpc) is 2.84. The molecule has 1 aliphatic heterocycles. The molecule has 64 valence electrons. The van der Waals surface area contributed by atoms with Crippen LogP contribution in [0.15, 0.2) is 23.6 Å². The highest BCUT2D eigenvalue weighted by atomic mass is 32.2. The molecule has 12 heavy (non-hydrogen) atoms. The van der Waals surface area contributed by atoms with Crippen molar-refractivity contribution in [1.29, 1.82) is 0 Å². The highest BCUT2D eigenvalue weighted by Crippen LogP contribution is 2.32. The van der Waals surface area contributed by atoms with E-state index >= 15 is 0 Å². The van der Waals surface area contributed by atoms with Gasteiger partial charge in [0.25, 0.3) is 0 Å². The van der Waals surface area contributed by atoms with E-state index < -0.39 is 0 Å². The van der Waals surface area contributed by atoms with Gasteiger partial charge in [0.1, 0.15) is 5.03 Å². The fraction of sp³-hybridized carbons (Fsp3) is 0.500. The molecule has 0 amide bonds. The van der Waals surface area contributed by atoms with Gasteiger partial charge < -0.3 is 4.74 Å². The van der Waals surface area contributed by atoms with Gasteiger partial charge in [0.05, 0.1) is 18.4 Å². The molecule has 1 aliphatic rings. The second-order valence-electron chi connectivity index (χ2n) is 3.07. The molecule has 1 aromatic heterocycles. The van der Waals surface area contributed by atoms with Crippen molar-refractivity contribution in [2.45, 2.75) is 17.6 Å². The summed E-state index contributed by atoms with van der Waals surface area (Å²) in [7, 11) is 0. The molecule has 0 aliphatic carbocycles. The normalized spacial score (nSPS) is 27.1. The number of thioether (sulfide) groups is 1. The van der Waals surface area contributed by atoms with Crippen molar-refractivity contribution in [3.63, 3.8) is 0 Å². The molecule has 0 bridgehead atoms. The van der Waals surface area contributed by atoms with Gasteiger partial charge in [-0.1, -0.05) is 0 Å². The molecule has 0 spiro atoms. The van der Waals surface area contributed by atoms with E-state index in [4.69, 9.17) is 4.74 Å². The van der Waals surface area contributed by atoms with Crippen molar-refractivity contribution in [2.75, 3.05) is 12.4 Å². The fourth-order valence-corrected chi connectivity index (χ4v) is 1.68. The summed E-state index contributed by atoms with van der Waals surface area (Å²) in [5.74, 6) is 0.964. The Bertz CT molecular complexity index is 261. The van der Waals surface area contributed by atoms with Gasteiger partial charge in [0.2, 0.25) is 0 Å². The van der Waals surface area contributed by atoms with Crippen LogP contribution < -0.4 is 0 Å². The first-order valence-electron chi connectivity index (χ1n) is 3.81. The van der Waals surface area contributed by atoms with Crippen molar-refractivity contribution in [3.05, 3.63) is 18.6 Å². The van der Waals surface area contributed by atoms with E-state index in [0.717, 1.165) is 17.4 Å². The Morgan fingerprint density at radius 2 is 2.50 bits per heavy atom. The maximum atomic E-state index is 5.25. The zero-order valence-electron chi connectivity index (χ0n) is 6.86. The molecular formula is C8H10N2OS. The van der Waals surface area contributed by atoms with Gasteiger partial charge in [-0.25, -0.2) is 4.98 Å². The zero-order chi connectivity index (χ0) is 8.44. The smallest absolute Gasteiger partial charge is 0.114 e. The van der Waals surface area contributed by atoms with E-state index in [1.165, 1.54) is 0 Å². The minimum Gasteiger partial charge on any atom is -0.369 e. The highest BCUT2D eigenvalue weighted by Gasteiger charge is 2.39. The topological polar surface area (TPSA) is 38.3 Å². The van der Waals surface area contributed by atoms with E-state index in [9.17, 15) is 0 Å². The van der Waals surface area contributed by atoms with E-state index in [0.29, 0.717) is 0 Å². The van der Waals surface area contributed by atoms with Gasteiger partial charge in [0.15, 0.2) is 0 Å². The van der Waals surface area contributed by atoms with Crippen LogP contribution >= 0.6 is 11.8 Å². The Kier molecular flexibility index (Phi) is 2.02. The number of hydrogen-bond donors (Lipinski definition) is 0. The zero-order valence-corrected chi connectivity index (χ0v) is 7.67. The molecule has 1 saturated heterocycles. The minimum atomic E-state index is 0.0994. The summed E-state index contributed by atoms with van der Waals surface area (Å²) >= 11 is 1.69. The van der Waals surface area contributed by atoms with Crippen molar-refractivity contribution in [1.82, 2.24) is 9.97 Å². The first-order valence-corrected chi connectivity index (χ1v) is 4.80. The standard InChI is InChI=1S/C8H10N2OS/c1-8(5-11-8)6-12-7-4-9-2-3-10-7/h2-4H,5-6H2,1H3. The molecule has 0 saturated carbocycles. The quantitative estimate of drug-likeness (QED) is 0.522. The van der Waals surface area contributed by atoms with Crippen LogP contribution in [0.5, 0.6) is 0 Å². The molecule has 4 heteroatoms. The molecule has 1 unspecified atom stereocenters. The lowest BCUT2D eigenvalue weighted by Gasteiger charge is -2.02. The maximum absolute atomic E-state index is 5.25. The van der Waals surface area contributed by atoms with Crippen LogP contribution in [0, 0.1) is 0 Å². The van der Waals surface area contributed by atoms with Gasteiger partial charge in [-0.3, -0.25) is 4.98 Å². The van der Waals surface area contributed by atoms with Gasteiger partial charge in [-0.2, -0.15) is 0 Å². The molecule has 1 atom stereocenters. The van der Waals surface area contributed by atoms with E-state index in [1.807, 2.05) is 0 Å². The number of hydrogen-bond acceptors (Lipinski definition) is 4. The number of aromatic nitrogens is 2. The number of ether oxygens (including phenoxy) is 1. The second kappa shape index (κ2) is 3.03. The number of nitrogens with zero attached hydrogens (tertiary/aromatic N) is 2. The SMILES string of the molecule is CC1(CSc2cnccn2)CO1. The predicted molar refractivity (Wildman–Crippen MR) is 47.1 cm³/mol. The molecule has 0 aromatic carbocycles. The first kappa shape index (κ1) is 8.01.